The molecule has 0 aliphatic heterocycles. The van der Waals surface area contributed by atoms with E-state index in [-0.39, 0.29) is 36.3 Å². The first-order valence-electron chi connectivity index (χ1n) is 9.76. The fourth-order valence-electron chi connectivity index (χ4n) is 3.49. The van der Waals surface area contributed by atoms with Crippen LogP contribution in [-0.2, 0) is 11.2 Å². The van der Waals surface area contributed by atoms with E-state index in [4.69, 9.17) is 11.6 Å². The molecule has 2 aromatic carbocycles. The average Bonchev–Trinajstić information content (AvgIpc) is 2.71. The lowest BCUT2D eigenvalue weighted by Gasteiger charge is -2.23. The van der Waals surface area contributed by atoms with E-state index in [1.54, 1.807) is 12.1 Å². The third kappa shape index (κ3) is 6.00. The highest BCUT2D eigenvalue weighted by atomic mass is 35.5. The largest absolute Gasteiger partial charge is 0.349 e. The number of halogens is 3. The molecule has 3 rings (SSSR count). The summed E-state index contributed by atoms with van der Waals surface area (Å²) in [6, 6.07) is 7.98. The summed E-state index contributed by atoms with van der Waals surface area (Å²) >= 11 is 6.17. The number of hydrogen-bond donors (Lipinski definition) is 2. The number of hydrogen-bond acceptors (Lipinski definition) is 2. The van der Waals surface area contributed by atoms with Crippen LogP contribution in [-0.4, -0.2) is 17.9 Å². The Kier molecular flexibility index (Phi) is 7.20. The van der Waals surface area contributed by atoms with Crippen LogP contribution in [0.1, 0.15) is 54.4 Å². The van der Waals surface area contributed by atoms with Crippen molar-refractivity contribution < 1.29 is 18.4 Å². The number of aryl methyl sites for hydroxylation is 1. The molecule has 0 unspecified atom stereocenters. The fourth-order valence-corrected chi connectivity index (χ4v) is 3.70. The van der Waals surface area contributed by atoms with Gasteiger partial charge in [0.05, 0.1) is 10.6 Å². The molecule has 7 heteroatoms. The maximum absolute atomic E-state index is 13.7. The number of carbonyl (C=O) groups excluding carboxylic acids is 2. The number of benzene rings is 2. The van der Waals surface area contributed by atoms with Crippen LogP contribution >= 0.6 is 11.6 Å². The number of rotatable bonds is 6. The van der Waals surface area contributed by atoms with Crippen LogP contribution in [0, 0.1) is 11.6 Å². The third-order valence-corrected chi connectivity index (χ3v) is 5.39. The Balaban J connectivity index is 1.60. The van der Waals surface area contributed by atoms with E-state index >= 15 is 0 Å². The van der Waals surface area contributed by atoms with Crippen molar-refractivity contribution in [1.82, 2.24) is 5.32 Å². The minimum Gasteiger partial charge on any atom is -0.349 e. The predicted molar refractivity (Wildman–Crippen MR) is 109 cm³/mol. The van der Waals surface area contributed by atoms with E-state index in [0.29, 0.717) is 16.3 Å². The fraction of sp³-hybridized carbons (Fsp3) is 0.364. The third-order valence-electron chi connectivity index (χ3n) is 5.06. The molecule has 0 spiro atoms. The summed E-state index contributed by atoms with van der Waals surface area (Å²) in [6.07, 6.45) is 5.34. The zero-order valence-electron chi connectivity index (χ0n) is 15.9. The SMILES string of the molecule is O=C(CCc1cc(F)ccc1F)Nc1ccc(Cl)c(C(=O)NC2CCCCC2)c1. The lowest BCUT2D eigenvalue weighted by Crippen LogP contribution is -2.36. The molecule has 0 atom stereocenters. The van der Waals surface area contributed by atoms with Crippen molar-refractivity contribution in [1.29, 1.82) is 0 Å². The van der Waals surface area contributed by atoms with Crippen molar-refractivity contribution in [2.75, 3.05) is 5.32 Å². The molecule has 1 fully saturated rings. The summed E-state index contributed by atoms with van der Waals surface area (Å²) in [5.41, 5.74) is 0.864. The van der Waals surface area contributed by atoms with Crippen molar-refractivity contribution in [3.05, 3.63) is 64.2 Å². The molecular weight excluding hydrogens is 398 g/mol. The monoisotopic (exact) mass is 420 g/mol. The summed E-state index contributed by atoms with van der Waals surface area (Å²) in [7, 11) is 0. The molecule has 2 N–H and O–H groups in total. The van der Waals surface area contributed by atoms with Gasteiger partial charge in [-0.15, -0.1) is 0 Å². The first kappa shape index (κ1) is 21.2. The molecule has 0 radical (unpaired) electrons. The van der Waals surface area contributed by atoms with E-state index in [2.05, 4.69) is 10.6 Å². The Hall–Kier alpha value is -2.47. The van der Waals surface area contributed by atoms with Crippen molar-refractivity contribution in [2.45, 2.75) is 51.0 Å². The van der Waals surface area contributed by atoms with Gasteiger partial charge in [-0.2, -0.15) is 0 Å². The second-order valence-corrected chi connectivity index (χ2v) is 7.69. The van der Waals surface area contributed by atoms with Gasteiger partial charge in [0, 0.05) is 18.2 Å². The Bertz CT molecular complexity index is 898. The van der Waals surface area contributed by atoms with Crippen LogP contribution in [0.3, 0.4) is 0 Å². The molecule has 0 aromatic heterocycles. The van der Waals surface area contributed by atoms with Crippen LogP contribution in [0.25, 0.3) is 0 Å². The average molecular weight is 421 g/mol. The van der Waals surface area contributed by atoms with E-state index < -0.39 is 11.6 Å². The smallest absolute Gasteiger partial charge is 0.253 e. The van der Waals surface area contributed by atoms with Crippen molar-refractivity contribution in [3.63, 3.8) is 0 Å². The first-order valence-corrected chi connectivity index (χ1v) is 10.1. The molecule has 154 valence electrons. The molecule has 29 heavy (non-hydrogen) atoms. The van der Waals surface area contributed by atoms with Crippen LogP contribution in [0.5, 0.6) is 0 Å². The molecule has 1 saturated carbocycles. The maximum atomic E-state index is 13.7. The van der Waals surface area contributed by atoms with Gasteiger partial charge in [-0.25, -0.2) is 8.78 Å². The van der Waals surface area contributed by atoms with Crippen molar-refractivity contribution >= 4 is 29.1 Å². The van der Waals surface area contributed by atoms with E-state index in [9.17, 15) is 18.4 Å². The van der Waals surface area contributed by atoms with Crippen molar-refractivity contribution in [2.24, 2.45) is 0 Å². The molecule has 0 saturated heterocycles. The molecule has 0 heterocycles. The Morgan fingerprint density at radius 1 is 1.03 bits per heavy atom. The maximum Gasteiger partial charge on any atom is 0.253 e. The van der Waals surface area contributed by atoms with Crippen LogP contribution in [0.2, 0.25) is 5.02 Å². The number of nitrogens with one attached hydrogen (secondary N) is 2. The Morgan fingerprint density at radius 3 is 2.55 bits per heavy atom. The lowest BCUT2D eigenvalue weighted by atomic mass is 9.95. The quantitative estimate of drug-likeness (QED) is 0.670. The minimum absolute atomic E-state index is 0.0212. The number of carbonyl (C=O) groups is 2. The highest BCUT2D eigenvalue weighted by Crippen LogP contribution is 2.23. The highest BCUT2D eigenvalue weighted by Gasteiger charge is 2.19. The topological polar surface area (TPSA) is 58.2 Å². The molecule has 1 aliphatic rings. The van der Waals surface area contributed by atoms with Gasteiger partial charge in [0.25, 0.3) is 5.91 Å². The van der Waals surface area contributed by atoms with Crippen LogP contribution in [0.15, 0.2) is 36.4 Å². The van der Waals surface area contributed by atoms with Gasteiger partial charge >= 0.3 is 0 Å². The van der Waals surface area contributed by atoms with Crippen LogP contribution < -0.4 is 10.6 Å². The molecule has 2 amide bonds. The predicted octanol–water partition coefficient (Wildman–Crippen LogP) is 5.25. The summed E-state index contributed by atoms with van der Waals surface area (Å²) < 4.78 is 26.9. The Morgan fingerprint density at radius 2 is 1.79 bits per heavy atom. The lowest BCUT2D eigenvalue weighted by molar-refractivity contribution is -0.116. The summed E-state index contributed by atoms with van der Waals surface area (Å²) in [6.45, 7) is 0. The zero-order chi connectivity index (χ0) is 20.8. The Labute approximate surface area is 173 Å². The molecule has 1 aliphatic carbocycles. The second kappa shape index (κ2) is 9.83. The molecule has 0 bridgehead atoms. The van der Waals surface area contributed by atoms with Gasteiger partial charge in [-0.05, 0) is 61.2 Å². The number of anilines is 1. The molecule has 2 aromatic rings. The normalized spacial score (nSPS) is 14.4. The standard InChI is InChI=1S/C22H23ClF2N2O2/c23-19-9-8-17(13-18(19)22(29)27-16-4-2-1-3-5-16)26-21(28)11-6-14-12-15(24)7-10-20(14)25/h7-10,12-13,16H,1-6,11H2,(H,26,28)(H,27,29). The van der Waals surface area contributed by atoms with Crippen LogP contribution in [0.4, 0.5) is 14.5 Å². The summed E-state index contributed by atoms with van der Waals surface area (Å²) in [5.74, 6) is -1.73. The van der Waals surface area contributed by atoms with Crippen molar-refractivity contribution in [3.8, 4) is 0 Å². The second-order valence-electron chi connectivity index (χ2n) is 7.29. The van der Waals surface area contributed by atoms with Gasteiger partial charge in [0.2, 0.25) is 5.91 Å². The van der Waals surface area contributed by atoms with E-state index in [0.717, 1.165) is 43.9 Å². The molecule has 4 nitrogen and oxygen atoms in total. The van der Waals surface area contributed by atoms with Gasteiger partial charge in [-0.1, -0.05) is 30.9 Å². The van der Waals surface area contributed by atoms with E-state index in [1.165, 1.54) is 12.5 Å². The number of amides is 2. The summed E-state index contributed by atoms with van der Waals surface area (Å²) in [5, 5.41) is 5.98. The van der Waals surface area contributed by atoms with Gasteiger partial charge in [0.1, 0.15) is 11.6 Å². The first-order chi connectivity index (χ1) is 13.9. The summed E-state index contributed by atoms with van der Waals surface area (Å²) in [4.78, 5) is 24.8. The van der Waals surface area contributed by atoms with Gasteiger partial charge in [-0.3, -0.25) is 9.59 Å². The zero-order valence-corrected chi connectivity index (χ0v) is 16.7. The minimum atomic E-state index is -0.549. The highest BCUT2D eigenvalue weighted by molar-refractivity contribution is 6.34. The van der Waals surface area contributed by atoms with Gasteiger partial charge < -0.3 is 10.6 Å². The van der Waals surface area contributed by atoms with Gasteiger partial charge in [0.15, 0.2) is 0 Å². The molecular formula is C22H23ClF2N2O2. The van der Waals surface area contributed by atoms with E-state index in [1.807, 2.05) is 0 Å².